The molecule has 1 fully saturated rings. The first kappa shape index (κ1) is 17.3. The third kappa shape index (κ3) is 3.72. The second-order valence-electron chi connectivity index (χ2n) is 6.51. The molecule has 6 nitrogen and oxygen atoms in total. The molecule has 140 valence electrons. The van der Waals surface area contributed by atoms with Crippen LogP contribution in [0.1, 0.15) is 23.2 Å². The number of halogens is 1. The molecule has 27 heavy (non-hydrogen) atoms. The number of ether oxygens (including phenoxy) is 3. The predicted octanol–water partition coefficient (Wildman–Crippen LogP) is 3.01. The maximum atomic E-state index is 13.0. The van der Waals surface area contributed by atoms with Gasteiger partial charge in [0.05, 0.1) is 5.92 Å². The van der Waals surface area contributed by atoms with E-state index in [4.69, 9.17) is 14.2 Å². The van der Waals surface area contributed by atoms with Gasteiger partial charge in [0, 0.05) is 24.7 Å². The Morgan fingerprint density at radius 3 is 2.44 bits per heavy atom. The fourth-order valence-electron chi connectivity index (χ4n) is 3.23. The molecule has 0 bridgehead atoms. The Labute approximate surface area is 155 Å². The molecular weight excluding hydrogens is 353 g/mol. The molecule has 0 spiro atoms. The van der Waals surface area contributed by atoms with Gasteiger partial charge in [-0.2, -0.15) is 0 Å². The average molecular weight is 371 g/mol. The summed E-state index contributed by atoms with van der Waals surface area (Å²) in [4.78, 5) is 26.5. The highest BCUT2D eigenvalue weighted by molar-refractivity contribution is 5.94. The molecule has 2 heterocycles. The molecule has 0 N–H and O–H groups in total. The fourth-order valence-corrected chi connectivity index (χ4v) is 3.23. The minimum Gasteiger partial charge on any atom is -0.454 e. The zero-order valence-corrected chi connectivity index (χ0v) is 14.5. The van der Waals surface area contributed by atoms with Gasteiger partial charge < -0.3 is 19.1 Å². The third-order valence-corrected chi connectivity index (χ3v) is 4.77. The van der Waals surface area contributed by atoms with E-state index in [9.17, 15) is 14.0 Å². The monoisotopic (exact) mass is 371 g/mol. The van der Waals surface area contributed by atoms with Crippen LogP contribution in [-0.4, -0.2) is 36.7 Å². The molecule has 4 rings (SSSR count). The molecule has 2 aliphatic rings. The van der Waals surface area contributed by atoms with Gasteiger partial charge in [0.15, 0.2) is 11.5 Å². The number of likely N-dealkylation sites (tertiary alicyclic amines) is 1. The van der Waals surface area contributed by atoms with E-state index in [1.807, 2.05) is 0 Å². The highest BCUT2D eigenvalue weighted by Gasteiger charge is 2.29. The maximum Gasteiger partial charge on any atom is 0.314 e. The van der Waals surface area contributed by atoms with E-state index in [1.165, 1.54) is 24.3 Å². The number of esters is 1. The zero-order valence-electron chi connectivity index (χ0n) is 14.5. The number of rotatable bonds is 3. The summed E-state index contributed by atoms with van der Waals surface area (Å²) in [5.41, 5.74) is 0.442. The van der Waals surface area contributed by atoms with Gasteiger partial charge in [-0.1, -0.05) is 0 Å². The smallest absolute Gasteiger partial charge is 0.314 e. The first-order valence-corrected chi connectivity index (χ1v) is 8.76. The molecule has 0 unspecified atom stereocenters. The molecule has 2 aromatic rings. The van der Waals surface area contributed by atoms with Crippen LogP contribution in [0, 0.1) is 11.7 Å². The number of benzene rings is 2. The van der Waals surface area contributed by atoms with E-state index >= 15 is 0 Å². The van der Waals surface area contributed by atoms with E-state index in [2.05, 4.69) is 0 Å². The lowest BCUT2D eigenvalue weighted by Crippen LogP contribution is -2.41. The van der Waals surface area contributed by atoms with Gasteiger partial charge in [-0.25, -0.2) is 4.39 Å². The van der Waals surface area contributed by atoms with Crippen molar-refractivity contribution in [3.63, 3.8) is 0 Å². The van der Waals surface area contributed by atoms with E-state index in [0.29, 0.717) is 48.7 Å². The lowest BCUT2D eigenvalue weighted by molar-refractivity contribution is -0.140. The Morgan fingerprint density at radius 1 is 1.00 bits per heavy atom. The highest BCUT2D eigenvalue weighted by Crippen LogP contribution is 2.35. The van der Waals surface area contributed by atoms with Crippen molar-refractivity contribution in [1.29, 1.82) is 0 Å². The molecule has 1 saturated heterocycles. The molecule has 0 aliphatic carbocycles. The van der Waals surface area contributed by atoms with Crippen molar-refractivity contribution in [1.82, 2.24) is 4.90 Å². The van der Waals surface area contributed by atoms with Crippen molar-refractivity contribution in [2.24, 2.45) is 5.92 Å². The molecule has 0 atom stereocenters. The highest BCUT2D eigenvalue weighted by atomic mass is 19.1. The van der Waals surface area contributed by atoms with Crippen molar-refractivity contribution in [2.45, 2.75) is 12.8 Å². The first-order chi connectivity index (χ1) is 13.1. The molecule has 0 radical (unpaired) electrons. The minimum atomic E-state index is -0.378. The molecule has 2 aliphatic heterocycles. The standard InChI is InChI=1S/C20H18FNO5/c21-15-3-1-13(2-4-15)19(23)22-9-7-14(8-10-22)20(24)27-16-5-6-17-18(11-16)26-12-25-17/h1-6,11,14H,7-10,12H2. The summed E-state index contributed by atoms with van der Waals surface area (Å²) in [6.07, 6.45) is 1.05. The topological polar surface area (TPSA) is 65.1 Å². The van der Waals surface area contributed by atoms with E-state index in [0.717, 1.165) is 0 Å². The van der Waals surface area contributed by atoms with Crippen molar-refractivity contribution >= 4 is 11.9 Å². The molecule has 2 aromatic carbocycles. The van der Waals surface area contributed by atoms with Crippen LogP contribution in [0.25, 0.3) is 0 Å². The van der Waals surface area contributed by atoms with Crippen LogP contribution in [0.3, 0.4) is 0 Å². The molecular formula is C20H18FNO5. The van der Waals surface area contributed by atoms with Crippen molar-refractivity contribution < 1.29 is 28.2 Å². The molecule has 7 heteroatoms. The van der Waals surface area contributed by atoms with Gasteiger partial charge in [0.2, 0.25) is 6.79 Å². The van der Waals surface area contributed by atoms with Crippen LogP contribution in [0.4, 0.5) is 4.39 Å². The number of piperidine rings is 1. The van der Waals surface area contributed by atoms with Gasteiger partial charge in [-0.15, -0.1) is 0 Å². The summed E-state index contributed by atoms with van der Waals surface area (Å²) >= 11 is 0. The number of hydrogen-bond acceptors (Lipinski definition) is 5. The van der Waals surface area contributed by atoms with Gasteiger partial charge in [0.1, 0.15) is 11.6 Å². The summed E-state index contributed by atoms with van der Waals surface area (Å²) in [5.74, 6) is 0.473. The second kappa shape index (κ2) is 7.26. The molecule has 0 saturated carbocycles. The number of carbonyl (C=O) groups excluding carboxylic acids is 2. The van der Waals surface area contributed by atoms with Crippen LogP contribution in [0.15, 0.2) is 42.5 Å². The van der Waals surface area contributed by atoms with Crippen LogP contribution in [0.5, 0.6) is 17.2 Å². The second-order valence-corrected chi connectivity index (χ2v) is 6.51. The van der Waals surface area contributed by atoms with Crippen molar-refractivity contribution in [3.05, 3.63) is 53.8 Å². The number of fused-ring (bicyclic) bond motifs is 1. The quantitative estimate of drug-likeness (QED) is 0.613. The van der Waals surface area contributed by atoms with E-state index < -0.39 is 0 Å². The zero-order chi connectivity index (χ0) is 18.8. The van der Waals surface area contributed by atoms with E-state index in [1.54, 1.807) is 23.1 Å². The van der Waals surface area contributed by atoms with E-state index in [-0.39, 0.29) is 30.4 Å². The number of carbonyl (C=O) groups is 2. The van der Waals surface area contributed by atoms with Crippen LogP contribution < -0.4 is 14.2 Å². The van der Waals surface area contributed by atoms with Crippen molar-refractivity contribution in [3.8, 4) is 17.2 Å². The summed E-state index contributed by atoms with van der Waals surface area (Å²) in [5, 5.41) is 0. The van der Waals surface area contributed by atoms with Gasteiger partial charge in [-0.3, -0.25) is 9.59 Å². The van der Waals surface area contributed by atoms with Crippen molar-refractivity contribution in [2.75, 3.05) is 19.9 Å². The van der Waals surface area contributed by atoms with Crippen LogP contribution in [0.2, 0.25) is 0 Å². The normalized spacial score (nSPS) is 16.3. The summed E-state index contributed by atoms with van der Waals surface area (Å²) < 4.78 is 29.0. The SMILES string of the molecule is O=C(Oc1ccc2c(c1)OCO2)C1CCN(C(=O)c2ccc(F)cc2)CC1. The van der Waals surface area contributed by atoms with Gasteiger partial charge in [0.25, 0.3) is 5.91 Å². The first-order valence-electron chi connectivity index (χ1n) is 8.76. The Morgan fingerprint density at radius 2 is 1.70 bits per heavy atom. The van der Waals surface area contributed by atoms with Crippen LogP contribution in [-0.2, 0) is 4.79 Å². The number of amides is 1. The predicted molar refractivity (Wildman–Crippen MR) is 93.2 cm³/mol. The summed E-state index contributed by atoms with van der Waals surface area (Å²) in [6, 6.07) is 10.5. The lowest BCUT2D eigenvalue weighted by atomic mass is 9.96. The minimum absolute atomic E-state index is 0.155. The maximum absolute atomic E-state index is 13.0. The largest absolute Gasteiger partial charge is 0.454 e. The number of nitrogens with zero attached hydrogens (tertiary/aromatic N) is 1. The van der Waals surface area contributed by atoms with Crippen LogP contribution >= 0.6 is 0 Å². The Balaban J connectivity index is 1.32. The van der Waals surface area contributed by atoms with Gasteiger partial charge in [-0.05, 0) is 49.2 Å². The Bertz CT molecular complexity index is 859. The summed E-state index contributed by atoms with van der Waals surface area (Å²) in [6.45, 7) is 1.07. The number of hydrogen-bond donors (Lipinski definition) is 0. The lowest BCUT2D eigenvalue weighted by Gasteiger charge is -2.31. The Kier molecular flexibility index (Phi) is 4.66. The third-order valence-electron chi connectivity index (χ3n) is 4.77. The summed E-state index contributed by atoms with van der Waals surface area (Å²) in [7, 11) is 0. The van der Waals surface area contributed by atoms with Gasteiger partial charge >= 0.3 is 5.97 Å². The fraction of sp³-hybridized carbons (Fsp3) is 0.300. The molecule has 1 amide bonds. The Hall–Kier alpha value is -3.09. The average Bonchev–Trinajstić information content (AvgIpc) is 3.16. The molecule has 0 aromatic heterocycles.